The first-order valence-electron chi connectivity index (χ1n) is 6.83. The fourth-order valence-electron chi connectivity index (χ4n) is 1.64. The highest BCUT2D eigenvalue weighted by Crippen LogP contribution is 1.92. The summed E-state index contributed by atoms with van der Waals surface area (Å²) in [6, 6.07) is 0. The predicted octanol–water partition coefficient (Wildman–Crippen LogP) is 0.597. The maximum Gasteiger partial charge on any atom is 0.0590 e. The zero-order chi connectivity index (χ0) is 13.5. The summed E-state index contributed by atoms with van der Waals surface area (Å²) in [5, 5.41) is 3.38. The van der Waals surface area contributed by atoms with Crippen molar-refractivity contribution in [2.24, 2.45) is 0 Å². The number of hydrogen-bond donors (Lipinski definition) is 1. The summed E-state index contributed by atoms with van der Waals surface area (Å²) < 4.78 is 15.5. The first-order chi connectivity index (χ1) is 8.85. The maximum atomic E-state index is 5.27. The van der Waals surface area contributed by atoms with Crippen molar-refractivity contribution in [2.45, 2.75) is 13.3 Å². The van der Waals surface area contributed by atoms with Gasteiger partial charge in [0.05, 0.1) is 13.2 Å². The van der Waals surface area contributed by atoms with Gasteiger partial charge in [0, 0.05) is 60.2 Å². The van der Waals surface area contributed by atoms with E-state index in [0.29, 0.717) is 0 Å². The van der Waals surface area contributed by atoms with Crippen LogP contribution in [0.3, 0.4) is 0 Å². The molecule has 18 heavy (non-hydrogen) atoms. The molecule has 1 N–H and O–H groups in total. The minimum Gasteiger partial charge on any atom is -0.385 e. The smallest absolute Gasteiger partial charge is 0.0590 e. The second-order valence-electron chi connectivity index (χ2n) is 4.13. The summed E-state index contributed by atoms with van der Waals surface area (Å²) in [6.45, 7) is 10.2. The second kappa shape index (κ2) is 14.9. The Bertz CT molecular complexity index is 159. The Morgan fingerprint density at radius 2 is 1.67 bits per heavy atom. The normalized spacial score (nSPS) is 11.3. The Hall–Kier alpha value is -0.200. The van der Waals surface area contributed by atoms with Gasteiger partial charge in [-0.05, 0) is 13.3 Å². The van der Waals surface area contributed by atoms with E-state index in [9.17, 15) is 0 Å². The van der Waals surface area contributed by atoms with Crippen LogP contribution in [-0.2, 0) is 14.2 Å². The van der Waals surface area contributed by atoms with Crippen molar-refractivity contribution in [2.75, 3.05) is 73.4 Å². The lowest BCUT2D eigenvalue weighted by atomic mass is 10.3. The van der Waals surface area contributed by atoms with E-state index in [1.165, 1.54) is 0 Å². The summed E-state index contributed by atoms with van der Waals surface area (Å²) in [6.07, 6.45) is 1.07. The molecule has 0 unspecified atom stereocenters. The van der Waals surface area contributed by atoms with Crippen molar-refractivity contribution in [3.8, 4) is 0 Å². The van der Waals surface area contributed by atoms with Gasteiger partial charge in [0.25, 0.3) is 0 Å². The molecule has 0 amide bonds. The van der Waals surface area contributed by atoms with E-state index in [-0.39, 0.29) is 0 Å². The number of hydrogen-bond acceptors (Lipinski definition) is 5. The van der Waals surface area contributed by atoms with Gasteiger partial charge >= 0.3 is 0 Å². The summed E-state index contributed by atoms with van der Waals surface area (Å²) in [5.74, 6) is 0. The molecule has 0 saturated heterocycles. The molecule has 0 rings (SSSR count). The highest BCUT2D eigenvalue weighted by atomic mass is 16.5. The first kappa shape index (κ1) is 17.8. The van der Waals surface area contributed by atoms with E-state index >= 15 is 0 Å². The minimum absolute atomic E-state index is 0.784. The SMILES string of the molecule is CCOCCNCCN(CCCOC)CCOC. The average Bonchev–Trinajstić information content (AvgIpc) is 2.39. The number of rotatable bonds is 14. The van der Waals surface area contributed by atoms with Crippen LogP contribution in [0.5, 0.6) is 0 Å². The Morgan fingerprint density at radius 1 is 0.889 bits per heavy atom. The van der Waals surface area contributed by atoms with Crippen LogP contribution in [0, 0.1) is 0 Å². The number of methoxy groups -OCH3 is 2. The van der Waals surface area contributed by atoms with Gasteiger partial charge in [0.15, 0.2) is 0 Å². The van der Waals surface area contributed by atoms with Crippen molar-refractivity contribution in [3.05, 3.63) is 0 Å². The molecule has 0 heterocycles. The van der Waals surface area contributed by atoms with Gasteiger partial charge in [-0.2, -0.15) is 0 Å². The van der Waals surface area contributed by atoms with Crippen molar-refractivity contribution >= 4 is 0 Å². The van der Waals surface area contributed by atoms with Crippen LogP contribution in [0.15, 0.2) is 0 Å². The molecule has 0 saturated carbocycles. The molecule has 110 valence electrons. The molecule has 0 aliphatic carbocycles. The van der Waals surface area contributed by atoms with E-state index in [4.69, 9.17) is 14.2 Å². The maximum absolute atomic E-state index is 5.27. The van der Waals surface area contributed by atoms with Crippen molar-refractivity contribution in [1.82, 2.24) is 10.2 Å². The van der Waals surface area contributed by atoms with Crippen LogP contribution >= 0.6 is 0 Å². The van der Waals surface area contributed by atoms with Crippen molar-refractivity contribution in [1.29, 1.82) is 0 Å². The van der Waals surface area contributed by atoms with E-state index in [1.54, 1.807) is 14.2 Å². The van der Waals surface area contributed by atoms with Crippen LogP contribution in [0.25, 0.3) is 0 Å². The van der Waals surface area contributed by atoms with Gasteiger partial charge in [-0.15, -0.1) is 0 Å². The molecule has 0 aliphatic heterocycles. The fourth-order valence-corrected chi connectivity index (χ4v) is 1.64. The van der Waals surface area contributed by atoms with Gasteiger partial charge in [0.1, 0.15) is 0 Å². The quantitative estimate of drug-likeness (QED) is 0.464. The molecule has 0 aromatic heterocycles. The average molecular weight is 262 g/mol. The highest BCUT2D eigenvalue weighted by molar-refractivity contribution is 4.60. The molecular weight excluding hydrogens is 232 g/mol. The van der Waals surface area contributed by atoms with E-state index in [1.807, 2.05) is 6.92 Å². The largest absolute Gasteiger partial charge is 0.385 e. The molecule has 0 aromatic carbocycles. The monoisotopic (exact) mass is 262 g/mol. The topological polar surface area (TPSA) is 43.0 Å². The minimum atomic E-state index is 0.784. The number of nitrogens with zero attached hydrogens (tertiary/aromatic N) is 1. The lowest BCUT2D eigenvalue weighted by Crippen LogP contribution is -2.36. The fraction of sp³-hybridized carbons (Fsp3) is 1.00. The standard InChI is InChI=1S/C13H30N2O3/c1-4-18-12-7-14-6-9-15(10-13-17-3)8-5-11-16-2/h14H,4-13H2,1-3H3. The molecule has 0 spiro atoms. The molecule has 0 aliphatic rings. The summed E-state index contributed by atoms with van der Waals surface area (Å²) in [5.41, 5.74) is 0. The summed E-state index contributed by atoms with van der Waals surface area (Å²) >= 11 is 0. The lowest BCUT2D eigenvalue weighted by Gasteiger charge is -2.22. The zero-order valence-corrected chi connectivity index (χ0v) is 12.2. The molecule has 0 bridgehead atoms. The third-order valence-corrected chi connectivity index (χ3v) is 2.67. The Labute approximate surface area is 112 Å². The Kier molecular flexibility index (Phi) is 14.7. The van der Waals surface area contributed by atoms with Crippen LogP contribution in [0.2, 0.25) is 0 Å². The lowest BCUT2D eigenvalue weighted by molar-refractivity contribution is 0.130. The van der Waals surface area contributed by atoms with Crippen LogP contribution in [-0.4, -0.2) is 78.3 Å². The van der Waals surface area contributed by atoms with Gasteiger partial charge in [-0.1, -0.05) is 0 Å². The number of ether oxygens (including phenoxy) is 3. The molecule has 0 atom stereocenters. The molecule has 0 fully saturated rings. The molecule has 5 heteroatoms. The van der Waals surface area contributed by atoms with Crippen LogP contribution < -0.4 is 5.32 Å². The number of nitrogens with one attached hydrogen (secondary N) is 1. The van der Waals surface area contributed by atoms with E-state index in [2.05, 4.69) is 10.2 Å². The summed E-state index contributed by atoms with van der Waals surface area (Å²) in [7, 11) is 3.49. The van der Waals surface area contributed by atoms with E-state index in [0.717, 1.165) is 65.6 Å². The highest BCUT2D eigenvalue weighted by Gasteiger charge is 2.03. The van der Waals surface area contributed by atoms with Gasteiger partial charge in [-0.3, -0.25) is 4.90 Å². The van der Waals surface area contributed by atoms with Crippen molar-refractivity contribution < 1.29 is 14.2 Å². The van der Waals surface area contributed by atoms with Crippen molar-refractivity contribution in [3.63, 3.8) is 0 Å². The molecule has 0 aromatic rings. The van der Waals surface area contributed by atoms with Crippen LogP contribution in [0.4, 0.5) is 0 Å². The molecule has 0 radical (unpaired) electrons. The van der Waals surface area contributed by atoms with Gasteiger partial charge < -0.3 is 19.5 Å². The second-order valence-corrected chi connectivity index (χ2v) is 4.13. The molecular formula is C13H30N2O3. The first-order valence-corrected chi connectivity index (χ1v) is 6.83. The van der Waals surface area contributed by atoms with E-state index < -0.39 is 0 Å². The Balaban J connectivity index is 3.51. The van der Waals surface area contributed by atoms with Gasteiger partial charge in [0.2, 0.25) is 0 Å². The zero-order valence-electron chi connectivity index (χ0n) is 12.2. The van der Waals surface area contributed by atoms with Gasteiger partial charge in [-0.25, -0.2) is 0 Å². The third kappa shape index (κ3) is 12.3. The Morgan fingerprint density at radius 3 is 2.33 bits per heavy atom. The van der Waals surface area contributed by atoms with Crippen LogP contribution in [0.1, 0.15) is 13.3 Å². The molecule has 5 nitrogen and oxygen atoms in total. The predicted molar refractivity (Wildman–Crippen MR) is 74.2 cm³/mol. The summed E-state index contributed by atoms with van der Waals surface area (Å²) in [4.78, 5) is 2.40. The third-order valence-electron chi connectivity index (χ3n) is 2.67.